The van der Waals surface area contributed by atoms with E-state index in [2.05, 4.69) is 17.6 Å². The number of nitrogens with one attached hydrogen (secondary N) is 2. The van der Waals surface area contributed by atoms with Crippen LogP contribution in [0.3, 0.4) is 0 Å². The van der Waals surface area contributed by atoms with Crippen molar-refractivity contribution in [3.05, 3.63) is 23.8 Å². The molecule has 2 heterocycles. The lowest BCUT2D eigenvalue weighted by atomic mass is 9.91. The van der Waals surface area contributed by atoms with Gasteiger partial charge in [0.1, 0.15) is 11.5 Å². The number of methoxy groups -OCH3 is 2. The number of hydrogen-bond donors (Lipinski definition) is 2. The minimum atomic E-state index is -0.0527. The molecule has 2 atom stereocenters. The van der Waals surface area contributed by atoms with E-state index >= 15 is 0 Å². The average Bonchev–Trinajstić information content (AvgIpc) is 2.74. The molecule has 0 spiro atoms. The predicted molar refractivity (Wildman–Crippen MR) is 107 cm³/mol. The molecule has 2 saturated heterocycles. The molecule has 1 aromatic rings. The summed E-state index contributed by atoms with van der Waals surface area (Å²) in [7, 11) is 3.13. The summed E-state index contributed by atoms with van der Waals surface area (Å²) in [6, 6.07) is 5.44. The number of hydrogen-bond acceptors (Lipinski definition) is 5. The highest BCUT2D eigenvalue weighted by molar-refractivity contribution is 5.95. The molecule has 0 aliphatic carbocycles. The number of nitrogens with zero attached hydrogens (tertiary/aromatic N) is 1. The van der Waals surface area contributed by atoms with Crippen LogP contribution in [0.4, 0.5) is 0 Å². The van der Waals surface area contributed by atoms with Crippen molar-refractivity contribution >= 4 is 11.8 Å². The van der Waals surface area contributed by atoms with E-state index in [0.29, 0.717) is 48.9 Å². The third-order valence-electron chi connectivity index (χ3n) is 5.86. The summed E-state index contributed by atoms with van der Waals surface area (Å²) in [5, 5.41) is 6.58. The minimum absolute atomic E-state index is 0.0222. The first-order valence-electron chi connectivity index (χ1n) is 10.0. The van der Waals surface area contributed by atoms with Gasteiger partial charge in [0, 0.05) is 36.7 Å². The van der Waals surface area contributed by atoms with Crippen LogP contribution in [0.25, 0.3) is 0 Å². The first-order chi connectivity index (χ1) is 13.5. The second-order valence-electron chi connectivity index (χ2n) is 7.75. The molecular formula is C21H31N3O4. The van der Waals surface area contributed by atoms with Crippen molar-refractivity contribution in [3.63, 3.8) is 0 Å². The van der Waals surface area contributed by atoms with Crippen LogP contribution in [-0.2, 0) is 4.79 Å². The van der Waals surface area contributed by atoms with E-state index in [4.69, 9.17) is 9.47 Å². The maximum absolute atomic E-state index is 12.9. The molecule has 0 bridgehead atoms. The number of likely N-dealkylation sites (tertiary alicyclic amines) is 1. The van der Waals surface area contributed by atoms with Crippen LogP contribution in [0.15, 0.2) is 18.2 Å². The van der Waals surface area contributed by atoms with Gasteiger partial charge in [-0.15, -0.1) is 0 Å². The van der Waals surface area contributed by atoms with Crippen LogP contribution in [0, 0.1) is 11.8 Å². The molecule has 2 amide bonds. The molecule has 154 valence electrons. The summed E-state index contributed by atoms with van der Waals surface area (Å²) < 4.78 is 10.5. The van der Waals surface area contributed by atoms with Gasteiger partial charge in [0.25, 0.3) is 5.91 Å². The zero-order chi connectivity index (χ0) is 20.1. The highest BCUT2D eigenvalue weighted by Crippen LogP contribution is 2.25. The number of ether oxygens (including phenoxy) is 2. The van der Waals surface area contributed by atoms with Gasteiger partial charge in [-0.3, -0.25) is 9.59 Å². The molecule has 2 aliphatic rings. The second kappa shape index (κ2) is 9.28. The smallest absolute Gasteiger partial charge is 0.254 e. The Bertz CT molecular complexity index is 679. The molecule has 7 heteroatoms. The number of benzene rings is 1. The van der Waals surface area contributed by atoms with Crippen LogP contribution in [0.2, 0.25) is 0 Å². The molecule has 0 radical (unpaired) electrons. The van der Waals surface area contributed by atoms with E-state index in [1.165, 1.54) is 0 Å². The van der Waals surface area contributed by atoms with Crippen molar-refractivity contribution in [1.29, 1.82) is 0 Å². The van der Waals surface area contributed by atoms with Gasteiger partial charge in [0.2, 0.25) is 5.91 Å². The molecule has 2 unspecified atom stereocenters. The molecule has 0 aromatic heterocycles. The maximum Gasteiger partial charge on any atom is 0.254 e. The van der Waals surface area contributed by atoms with Crippen LogP contribution in [0.1, 0.15) is 36.5 Å². The number of piperidine rings is 2. The van der Waals surface area contributed by atoms with Gasteiger partial charge in [-0.05, 0) is 50.4 Å². The Kier molecular flexibility index (Phi) is 6.78. The molecule has 7 nitrogen and oxygen atoms in total. The fraction of sp³-hybridized carbons (Fsp3) is 0.619. The molecular weight excluding hydrogens is 358 g/mol. The zero-order valence-corrected chi connectivity index (χ0v) is 17.0. The van der Waals surface area contributed by atoms with Gasteiger partial charge in [0.15, 0.2) is 0 Å². The van der Waals surface area contributed by atoms with E-state index in [0.717, 1.165) is 19.5 Å². The molecule has 28 heavy (non-hydrogen) atoms. The Morgan fingerprint density at radius 1 is 1.07 bits per heavy atom. The largest absolute Gasteiger partial charge is 0.497 e. The number of carbonyl (C=O) groups excluding carboxylic acids is 2. The average molecular weight is 389 g/mol. The summed E-state index contributed by atoms with van der Waals surface area (Å²) in [4.78, 5) is 27.3. The summed E-state index contributed by atoms with van der Waals surface area (Å²) in [6.07, 6.45) is 2.36. The van der Waals surface area contributed by atoms with E-state index in [9.17, 15) is 9.59 Å². The van der Waals surface area contributed by atoms with Gasteiger partial charge < -0.3 is 25.0 Å². The van der Waals surface area contributed by atoms with E-state index in [1.54, 1.807) is 32.4 Å². The summed E-state index contributed by atoms with van der Waals surface area (Å²) >= 11 is 0. The van der Waals surface area contributed by atoms with E-state index in [-0.39, 0.29) is 23.8 Å². The second-order valence-corrected chi connectivity index (χ2v) is 7.75. The normalized spacial score (nSPS) is 23.2. The topological polar surface area (TPSA) is 79.9 Å². The number of rotatable bonds is 5. The standard InChI is InChI=1S/C21H31N3O4/c1-14-13-22-7-4-19(14)23-20(25)15-5-8-24(9-6-15)21(26)16-10-17(27-2)12-18(11-16)28-3/h10-12,14-15,19,22H,4-9,13H2,1-3H3,(H,23,25). The summed E-state index contributed by atoms with van der Waals surface area (Å²) in [5.74, 6) is 1.69. The highest BCUT2D eigenvalue weighted by Gasteiger charge is 2.30. The Morgan fingerprint density at radius 3 is 2.29 bits per heavy atom. The Labute approximate surface area is 166 Å². The van der Waals surface area contributed by atoms with E-state index in [1.807, 2.05) is 4.90 Å². The predicted octanol–water partition coefficient (Wildman–Crippen LogP) is 1.67. The molecule has 2 fully saturated rings. The maximum atomic E-state index is 12.9. The number of amides is 2. The van der Waals surface area contributed by atoms with Crippen LogP contribution in [-0.4, -0.2) is 63.2 Å². The van der Waals surface area contributed by atoms with Gasteiger partial charge in [-0.25, -0.2) is 0 Å². The quantitative estimate of drug-likeness (QED) is 0.801. The number of carbonyl (C=O) groups is 2. The lowest BCUT2D eigenvalue weighted by Crippen LogP contribution is -2.51. The van der Waals surface area contributed by atoms with Crippen molar-refractivity contribution in [2.75, 3.05) is 40.4 Å². The molecule has 2 aliphatic heterocycles. The monoisotopic (exact) mass is 389 g/mol. The van der Waals surface area contributed by atoms with Crippen molar-refractivity contribution < 1.29 is 19.1 Å². The van der Waals surface area contributed by atoms with Gasteiger partial charge in [0.05, 0.1) is 14.2 Å². The first kappa shape index (κ1) is 20.5. The van der Waals surface area contributed by atoms with Crippen molar-refractivity contribution in [1.82, 2.24) is 15.5 Å². The molecule has 2 N–H and O–H groups in total. The third-order valence-corrected chi connectivity index (χ3v) is 5.86. The van der Waals surface area contributed by atoms with Crippen LogP contribution in [0.5, 0.6) is 11.5 Å². The van der Waals surface area contributed by atoms with E-state index < -0.39 is 0 Å². The van der Waals surface area contributed by atoms with Crippen molar-refractivity contribution in [2.45, 2.75) is 32.2 Å². The third kappa shape index (κ3) is 4.76. The van der Waals surface area contributed by atoms with Crippen molar-refractivity contribution in [3.8, 4) is 11.5 Å². The summed E-state index contributed by atoms with van der Waals surface area (Å²) in [6.45, 7) is 5.23. The molecule has 3 rings (SSSR count). The molecule has 0 saturated carbocycles. The fourth-order valence-corrected chi connectivity index (χ4v) is 3.99. The Hall–Kier alpha value is -2.28. The SMILES string of the molecule is COc1cc(OC)cc(C(=O)N2CCC(C(=O)NC3CCNCC3C)CC2)c1. The first-order valence-corrected chi connectivity index (χ1v) is 10.0. The van der Waals surface area contributed by atoms with Crippen LogP contribution < -0.4 is 20.1 Å². The van der Waals surface area contributed by atoms with Gasteiger partial charge >= 0.3 is 0 Å². The van der Waals surface area contributed by atoms with Gasteiger partial charge in [-0.1, -0.05) is 6.92 Å². The lowest BCUT2D eigenvalue weighted by molar-refractivity contribution is -0.127. The van der Waals surface area contributed by atoms with Crippen LogP contribution >= 0.6 is 0 Å². The fourth-order valence-electron chi connectivity index (χ4n) is 3.99. The minimum Gasteiger partial charge on any atom is -0.497 e. The highest BCUT2D eigenvalue weighted by atomic mass is 16.5. The zero-order valence-electron chi connectivity index (χ0n) is 17.0. The van der Waals surface area contributed by atoms with Crippen molar-refractivity contribution in [2.24, 2.45) is 11.8 Å². The molecule has 1 aromatic carbocycles. The Morgan fingerprint density at radius 2 is 1.71 bits per heavy atom. The Balaban J connectivity index is 1.56. The summed E-state index contributed by atoms with van der Waals surface area (Å²) in [5.41, 5.74) is 0.544. The van der Waals surface area contributed by atoms with Gasteiger partial charge in [-0.2, -0.15) is 0 Å². The lowest BCUT2D eigenvalue weighted by Gasteiger charge is -2.34.